The summed E-state index contributed by atoms with van der Waals surface area (Å²) in [4.78, 5) is 29.1. The maximum atomic E-state index is 12.0. The van der Waals surface area contributed by atoms with Crippen LogP contribution in [0.3, 0.4) is 0 Å². The van der Waals surface area contributed by atoms with Crippen LogP contribution in [0, 0.1) is 0 Å². The summed E-state index contributed by atoms with van der Waals surface area (Å²) in [5.41, 5.74) is 5.67. The van der Waals surface area contributed by atoms with Crippen molar-refractivity contribution in [3.63, 3.8) is 0 Å². The van der Waals surface area contributed by atoms with Crippen molar-refractivity contribution in [2.75, 3.05) is 13.1 Å². The summed E-state index contributed by atoms with van der Waals surface area (Å²) < 4.78 is 0. The molecule has 1 amide bonds. The second-order valence-electron chi connectivity index (χ2n) is 4.33. The largest absolute Gasteiger partial charge is 0.477 e. The molecule has 7 nitrogen and oxygen atoms in total. The number of carbonyl (C=O) groups is 2. The zero-order valence-corrected chi connectivity index (χ0v) is 9.33. The van der Waals surface area contributed by atoms with Gasteiger partial charge in [-0.15, -0.1) is 0 Å². The first-order chi connectivity index (χ1) is 8.08. The normalized spacial score (nSPS) is 28.5. The third kappa shape index (κ3) is 2.55. The van der Waals surface area contributed by atoms with E-state index in [-0.39, 0.29) is 24.1 Å². The molecule has 2 rings (SSSR count). The zero-order valence-electron chi connectivity index (χ0n) is 9.33. The molecule has 0 aliphatic carbocycles. The number of nitrogens with zero attached hydrogens (tertiary/aromatic N) is 2. The molecule has 2 aliphatic rings. The van der Waals surface area contributed by atoms with E-state index in [9.17, 15) is 9.59 Å². The van der Waals surface area contributed by atoms with Crippen molar-refractivity contribution in [1.82, 2.24) is 4.90 Å². The number of carboxylic acids is 1. The van der Waals surface area contributed by atoms with Gasteiger partial charge in [-0.1, -0.05) is 5.16 Å². The first-order valence-corrected chi connectivity index (χ1v) is 5.58. The van der Waals surface area contributed by atoms with E-state index in [0.717, 1.165) is 12.8 Å². The molecule has 1 fully saturated rings. The standard InChI is InChI=1S/C10H15N3O4/c11-6-2-1-3-13(5-6)9(14)8-4-7(10(15)16)12-17-8/h6,8H,1-5,11H2,(H,15,16). The van der Waals surface area contributed by atoms with Crippen LogP contribution in [0.5, 0.6) is 0 Å². The smallest absolute Gasteiger partial charge is 0.353 e. The second-order valence-corrected chi connectivity index (χ2v) is 4.33. The van der Waals surface area contributed by atoms with Crippen molar-refractivity contribution in [3.05, 3.63) is 0 Å². The molecule has 0 aromatic heterocycles. The summed E-state index contributed by atoms with van der Waals surface area (Å²) in [6, 6.07) is -0.00559. The van der Waals surface area contributed by atoms with E-state index in [4.69, 9.17) is 15.7 Å². The number of rotatable bonds is 2. The molecule has 2 heterocycles. The van der Waals surface area contributed by atoms with Crippen LogP contribution in [0.15, 0.2) is 5.16 Å². The predicted molar refractivity (Wildman–Crippen MR) is 58.4 cm³/mol. The van der Waals surface area contributed by atoms with E-state index in [1.54, 1.807) is 4.90 Å². The Labute approximate surface area is 98.2 Å². The van der Waals surface area contributed by atoms with Crippen LogP contribution in [-0.2, 0) is 14.4 Å². The van der Waals surface area contributed by atoms with E-state index in [1.165, 1.54) is 0 Å². The van der Waals surface area contributed by atoms with Crippen LogP contribution in [0.4, 0.5) is 0 Å². The lowest BCUT2D eigenvalue weighted by molar-refractivity contribution is -0.143. The van der Waals surface area contributed by atoms with Gasteiger partial charge in [0, 0.05) is 25.6 Å². The Morgan fingerprint density at radius 3 is 2.88 bits per heavy atom. The first kappa shape index (κ1) is 11.8. The molecule has 3 N–H and O–H groups in total. The van der Waals surface area contributed by atoms with Gasteiger partial charge in [0.25, 0.3) is 5.91 Å². The lowest BCUT2D eigenvalue weighted by atomic mass is 10.0. The Kier molecular flexibility index (Phi) is 3.28. The van der Waals surface area contributed by atoms with Crippen molar-refractivity contribution < 1.29 is 19.5 Å². The molecule has 17 heavy (non-hydrogen) atoms. The predicted octanol–water partition coefficient (Wildman–Crippen LogP) is -0.834. The van der Waals surface area contributed by atoms with Crippen LogP contribution in [0.1, 0.15) is 19.3 Å². The number of carboxylic acid groups (broad SMARTS) is 1. The van der Waals surface area contributed by atoms with Gasteiger partial charge in [-0.2, -0.15) is 0 Å². The van der Waals surface area contributed by atoms with E-state index in [2.05, 4.69) is 5.16 Å². The lowest BCUT2D eigenvalue weighted by Crippen LogP contribution is -2.49. The number of nitrogens with two attached hydrogens (primary N) is 1. The fraction of sp³-hybridized carbons (Fsp3) is 0.700. The Balaban J connectivity index is 1.92. The van der Waals surface area contributed by atoms with Crippen LogP contribution in [0.25, 0.3) is 0 Å². The summed E-state index contributed by atoms with van der Waals surface area (Å²) in [7, 11) is 0. The van der Waals surface area contributed by atoms with Gasteiger partial charge in [-0.3, -0.25) is 4.79 Å². The number of hydrogen-bond donors (Lipinski definition) is 2. The van der Waals surface area contributed by atoms with Crippen LogP contribution < -0.4 is 5.73 Å². The summed E-state index contributed by atoms with van der Waals surface area (Å²) in [6.45, 7) is 1.15. The van der Waals surface area contributed by atoms with Gasteiger partial charge in [-0.25, -0.2) is 4.79 Å². The number of amides is 1. The Bertz CT molecular complexity index is 369. The number of carbonyl (C=O) groups excluding carboxylic acids is 1. The molecule has 0 aromatic carbocycles. The number of hydrogen-bond acceptors (Lipinski definition) is 5. The Hall–Kier alpha value is -1.63. The molecule has 0 aromatic rings. The molecule has 2 atom stereocenters. The van der Waals surface area contributed by atoms with Crippen LogP contribution in [0.2, 0.25) is 0 Å². The van der Waals surface area contributed by atoms with Gasteiger partial charge in [0.15, 0.2) is 5.71 Å². The Morgan fingerprint density at radius 2 is 2.29 bits per heavy atom. The number of likely N-dealkylation sites (tertiary alicyclic amines) is 1. The fourth-order valence-electron chi connectivity index (χ4n) is 2.05. The second kappa shape index (κ2) is 4.70. The van der Waals surface area contributed by atoms with Crippen molar-refractivity contribution in [1.29, 1.82) is 0 Å². The average molecular weight is 241 g/mol. The molecule has 2 unspecified atom stereocenters. The molecule has 0 spiro atoms. The number of aliphatic carboxylic acids is 1. The average Bonchev–Trinajstić information content (AvgIpc) is 2.77. The Morgan fingerprint density at radius 1 is 1.53 bits per heavy atom. The highest BCUT2D eigenvalue weighted by atomic mass is 16.6. The van der Waals surface area contributed by atoms with Gasteiger partial charge in [-0.05, 0) is 12.8 Å². The maximum Gasteiger partial charge on any atom is 0.353 e. The van der Waals surface area contributed by atoms with Crippen molar-refractivity contribution >= 4 is 17.6 Å². The van der Waals surface area contributed by atoms with Gasteiger partial charge < -0.3 is 20.6 Å². The van der Waals surface area contributed by atoms with E-state index in [0.29, 0.717) is 13.1 Å². The zero-order chi connectivity index (χ0) is 12.4. The highest BCUT2D eigenvalue weighted by Crippen LogP contribution is 2.16. The molecule has 94 valence electrons. The quantitative estimate of drug-likeness (QED) is 0.656. The minimum Gasteiger partial charge on any atom is -0.477 e. The number of piperidine rings is 1. The molecule has 1 saturated heterocycles. The van der Waals surface area contributed by atoms with Crippen molar-refractivity contribution in [3.8, 4) is 0 Å². The molecule has 0 saturated carbocycles. The van der Waals surface area contributed by atoms with Gasteiger partial charge in [0.05, 0.1) is 0 Å². The molecular weight excluding hydrogens is 226 g/mol. The summed E-state index contributed by atoms with van der Waals surface area (Å²) in [6.07, 6.45) is 1.00. The minimum absolute atomic E-state index is 0.00559. The topological polar surface area (TPSA) is 105 Å². The lowest BCUT2D eigenvalue weighted by Gasteiger charge is -2.31. The van der Waals surface area contributed by atoms with Crippen molar-refractivity contribution in [2.45, 2.75) is 31.4 Å². The molecule has 2 aliphatic heterocycles. The molecule has 0 radical (unpaired) electrons. The number of oxime groups is 1. The third-order valence-electron chi connectivity index (χ3n) is 2.96. The van der Waals surface area contributed by atoms with Crippen LogP contribution >= 0.6 is 0 Å². The highest BCUT2D eigenvalue weighted by molar-refractivity contribution is 6.36. The van der Waals surface area contributed by atoms with E-state index in [1.807, 2.05) is 0 Å². The van der Waals surface area contributed by atoms with Crippen molar-refractivity contribution in [2.24, 2.45) is 10.9 Å². The van der Waals surface area contributed by atoms with E-state index >= 15 is 0 Å². The first-order valence-electron chi connectivity index (χ1n) is 5.58. The monoisotopic (exact) mass is 241 g/mol. The summed E-state index contributed by atoms with van der Waals surface area (Å²) in [5, 5.41) is 12.1. The molecular formula is C10H15N3O4. The van der Waals surface area contributed by atoms with E-state index < -0.39 is 12.1 Å². The molecule has 7 heteroatoms. The van der Waals surface area contributed by atoms with Crippen LogP contribution in [-0.4, -0.2) is 52.8 Å². The van der Waals surface area contributed by atoms with Gasteiger partial charge >= 0.3 is 5.97 Å². The summed E-state index contributed by atoms with van der Waals surface area (Å²) >= 11 is 0. The summed E-state index contributed by atoms with van der Waals surface area (Å²) in [5.74, 6) is -1.37. The fourth-order valence-corrected chi connectivity index (χ4v) is 2.05. The highest BCUT2D eigenvalue weighted by Gasteiger charge is 2.35. The van der Waals surface area contributed by atoms with Gasteiger partial charge in [0.1, 0.15) is 0 Å². The minimum atomic E-state index is -1.14. The maximum absolute atomic E-state index is 12.0. The third-order valence-corrected chi connectivity index (χ3v) is 2.96. The van der Waals surface area contributed by atoms with Gasteiger partial charge in [0.2, 0.25) is 6.10 Å². The molecule has 0 bridgehead atoms. The SMILES string of the molecule is NC1CCCN(C(=O)C2CC(C(=O)O)=NO2)C1.